The second-order valence-electron chi connectivity index (χ2n) is 7.66. The molecule has 4 nitrogen and oxygen atoms in total. The zero-order valence-corrected chi connectivity index (χ0v) is 15.1. The van der Waals surface area contributed by atoms with Gasteiger partial charge in [0.2, 0.25) is 0 Å². The van der Waals surface area contributed by atoms with Crippen molar-refractivity contribution in [1.29, 1.82) is 0 Å². The number of aryl methyl sites for hydroxylation is 2. The summed E-state index contributed by atoms with van der Waals surface area (Å²) in [6.45, 7) is 7.46. The molecule has 0 amide bonds. The van der Waals surface area contributed by atoms with Crippen molar-refractivity contribution < 1.29 is 0 Å². The summed E-state index contributed by atoms with van der Waals surface area (Å²) in [6.07, 6.45) is 3.06. The molecule has 0 saturated carbocycles. The van der Waals surface area contributed by atoms with Gasteiger partial charge in [-0.25, -0.2) is 0 Å². The fourth-order valence-corrected chi connectivity index (χ4v) is 4.56. The summed E-state index contributed by atoms with van der Waals surface area (Å²) in [4.78, 5) is 6.79. The fourth-order valence-electron chi connectivity index (χ4n) is 4.56. The van der Waals surface area contributed by atoms with Gasteiger partial charge < -0.3 is 14.8 Å². The van der Waals surface area contributed by atoms with E-state index >= 15 is 0 Å². The van der Waals surface area contributed by atoms with Crippen molar-refractivity contribution in [3.63, 3.8) is 0 Å². The number of pyridine rings is 1. The summed E-state index contributed by atoms with van der Waals surface area (Å²) in [6, 6.07) is 9.32. The number of rotatable bonds is 1. The number of fused-ring (bicyclic) bond motifs is 3. The van der Waals surface area contributed by atoms with Crippen molar-refractivity contribution in [3.8, 4) is 0 Å². The summed E-state index contributed by atoms with van der Waals surface area (Å²) in [7, 11) is 2.23. The predicted octanol–water partition coefficient (Wildman–Crippen LogP) is 3.81. The number of anilines is 1. The molecule has 1 N–H and O–H groups in total. The minimum absolute atomic E-state index is 0.301. The highest BCUT2D eigenvalue weighted by Crippen LogP contribution is 2.41. The number of benzene rings is 1. The minimum Gasteiger partial charge on any atom is -0.375 e. The van der Waals surface area contributed by atoms with E-state index in [4.69, 9.17) is 0 Å². The predicted molar refractivity (Wildman–Crippen MR) is 102 cm³/mol. The van der Waals surface area contributed by atoms with Gasteiger partial charge in [0.05, 0.1) is 17.2 Å². The van der Waals surface area contributed by atoms with Crippen LogP contribution in [0.15, 0.2) is 30.5 Å². The van der Waals surface area contributed by atoms with Crippen LogP contribution in [0.25, 0.3) is 10.9 Å². The Hall–Kier alpha value is -2.33. The lowest BCUT2D eigenvalue weighted by molar-refractivity contribution is 0.308. The highest BCUT2D eigenvalue weighted by atomic mass is 15.1. The van der Waals surface area contributed by atoms with Gasteiger partial charge in [0, 0.05) is 49.0 Å². The van der Waals surface area contributed by atoms with Gasteiger partial charge in [0.15, 0.2) is 0 Å². The van der Waals surface area contributed by atoms with Crippen LogP contribution in [-0.2, 0) is 19.5 Å². The number of hydrogen-bond acceptors (Lipinski definition) is 3. The van der Waals surface area contributed by atoms with E-state index in [-0.39, 0.29) is 0 Å². The molecule has 0 saturated heterocycles. The van der Waals surface area contributed by atoms with Crippen LogP contribution in [0.5, 0.6) is 0 Å². The second-order valence-corrected chi connectivity index (χ2v) is 7.66. The molecule has 2 aliphatic rings. The lowest BCUT2D eigenvalue weighted by Gasteiger charge is -2.30. The normalized spacial score (nSPS) is 19.7. The summed E-state index contributed by atoms with van der Waals surface area (Å²) in [5, 5.41) is 5.24. The summed E-state index contributed by atoms with van der Waals surface area (Å²) >= 11 is 0. The minimum atomic E-state index is 0.301. The van der Waals surface area contributed by atoms with Crippen LogP contribution in [-0.4, -0.2) is 28.0 Å². The third kappa shape index (κ3) is 2.28. The van der Waals surface area contributed by atoms with E-state index in [1.807, 2.05) is 6.20 Å². The molecule has 0 spiro atoms. The van der Waals surface area contributed by atoms with Crippen molar-refractivity contribution >= 4 is 16.6 Å². The lowest BCUT2D eigenvalue weighted by Crippen LogP contribution is -2.29. The second kappa shape index (κ2) is 5.33. The molecule has 1 aromatic carbocycles. The number of likely N-dealkylation sites (N-methyl/N-ethyl adjacent to an activating group) is 1. The van der Waals surface area contributed by atoms with Gasteiger partial charge >= 0.3 is 0 Å². The first-order chi connectivity index (χ1) is 12.1. The molecule has 128 valence electrons. The number of hydrogen-bond donors (Lipinski definition) is 1. The topological polar surface area (TPSA) is 33.1 Å². The standard InChI is InChI=1S/C21H24N4/c1-13-8-16-17-11-24(3)7-5-20(17)25-12-19(23-18(9-13)21(16)25)15-4-6-22-14(2)10-15/h4,6,8-10,19,23H,5,7,11-12H2,1-3H3. The Morgan fingerprint density at radius 2 is 2.08 bits per heavy atom. The molecular weight excluding hydrogens is 308 g/mol. The van der Waals surface area contributed by atoms with Crippen LogP contribution in [0.2, 0.25) is 0 Å². The monoisotopic (exact) mass is 332 g/mol. The Bertz CT molecular complexity index is 985. The maximum Gasteiger partial charge on any atom is 0.0722 e. The molecule has 0 radical (unpaired) electrons. The molecule has 1 unspecified atom stereocenters. The van der Waals surface area contributed by atoms with E-state index in [9.17, 15) is 0 Å². The molecule has 0 fully saturated rings. The van der Waals surface area contributed by atoms with Crippen LogP contribution in [0, 0.1) is 13.8 Å². The largest absolute Gasteiger partial charge is 0.375 e. The molecule has 2 aliphatic heterocycles. The van der Waals surface area contributed by atoms with E-state index in [0.29, 0.717) is 6.04 Å². The van der Waals surface area contributed by atoms with E-state index in [1.165, 1.54) is 39.0 Å². The Labute approximate surface area is 148 Å². The summed E-state index contributed by atoms with van der Waals surface area (Å²) in [5.74, 6) is 0. The zero-order chi connectivity index (χ0) is 17.1. The van der Waals surface area contributed by atoms with Gasteiger partial charge in [-0.2, -0.15) is 0 Å². The highest BCUT2D eigenvalue weighted by Gasteiger charge is 2.29. The quantitative estimate of drug-likeness (QED) is 0.736. The van der Waals surface area contributed by atoms with Crippen molar-refractivity contribution in [2.75, 3.05) is 18.9 Å². The molecule has 3 aromatic rings. The Kier molecular flexibility index (Phi) is 3.19. The number of nitrogens with one attached hydrogen (secondary N) is 1. The van der Waals surface area contributed by atoms with Crippen molar-refractivity contribution in [1.82, 2.24) is 14.5 Å². The van der Waals surface area contributed by atoms with Crippen molar-refractivity contribution in [2.45, 2.75) is 39.4 Å². The highest BCUT2D eigenvalue weighted by molar-refractivity contribution is 5.97. The maximum absolute atomic E-state index is 4.36. The zero-order valence-electron chi connectivity index (χ0n) is 15.1. The van der Waals surface area contributed by atoms with Crippen molar-refractivity contribution in [2.24, 2.45) is 0 Å². The number of aromatic nitrogens is 2. The Morgan fingerprint density at radius 1 is 1.20 bits per heavy atom. The average molecular weight is 332 g/mol. The molecule has 4 heteroatoms. The molecule has 0 aliphatic carbocycles. The SMILES string of the molecule is Cc1cc2c3c(c1)c1c(n3CC(c3ccnc(C)c3)N2)CCN(C)C1. The third-order valence-corrected chi connectivity index (χ3v) is 5.70. The lowest BCUT2D eigenvalue weighted by atomic mass is 10.0. The van der Waals surface area contributed by atoms with Gasteiger partial charge in [-0.3, -0.25) is 4.98 Å². The average Bonchev–Trinajstić information content (AvgIpc) is 2.89. The van der Waals surface area contributed by atoms with Gasteiger partial charge in [-0.1, -0.05) is 0 Å². The molecule has 1 atom stereocenters. The molecular formula is C21H24N4. The summed E-state index contributed by atoms with van der Waals surface area (Å²) in [5.41, 5.74) is 9.47. The van der Waals surface area contributed by atoms with Gasteiger partial charge in [0.25, 0.3) is 0 Å². The van der Waals surface area contributed by atoms with Crippen LogP contribution >= 0.6 is 0 Å². The van der Waals surface area contributed by atoms with Gasteiger partial charge in [0.1, 0.15) is 0 Å². The molecule has 0 bridgehead atoms. The van der Waals surface area contributed by atoms with Crippen LogP contribution in [0.3, 0.4) is 0 Å². The first-order valence-electron chi connectivity index (χ1n) is 9.12. The number of nitrogens with zero attached hydrogens (tertiary/aromatic N) is 3. The maximum atomic E-state index is 4.36. The molecule has 2 aromatic heterocycles. The van der Waals surface area contributed by atoms with Gasteiger partial charge in [-0.05, 0) is 61.9 Å². The van der Waals surface area contributed by atoms with Crippen molar-refractivity contribution in [3.05, 3.63) is 58.5 Å². The smallest absolute Gasteiger partial charge is 0.0722 e. The first-order valence-corrected chi connectivity index (χ1v) is 9.12. The third-order valence-electron chi connectivity index (χ3n) is 5.70. The van der Waals surface area contributed by atoms with E-state index in [2.05, 4.69) is 64.9 Å². The molecule has 5 rings (SSSR count). The van der Waals surface area contributed by atoms with E-state index in [0.717, 1.165) is 31.7 Å². The van der Waals surface area contributed by atoms with Crippen LogP contribution in [0.1, 0.15) is 34.1 Å². The van der Waals surface area contributed by atoms with E-state index < -0.39 is 0 Å². The Balaban J connectivity index is 1.70. The van der Waals surface area contributed by atoms with Crippen LogP contribution < -0.4 is 5.32 Å². The molecule has 4 heterocycles. The van der Waals surface area contributed by atoms with E-state index in [1.54, 1.807) is 0 Å². The van der Waals surface area contributed by atoms with Crippen LogP contribution in [0.4, 0.5) is 5.69 Å². The molecule has 25 heavy (non-hydrogen) atoms. The Morgan fingerprint density at radius 3 is 2.92 bits per heavy atom. The fraction of sp³-hybridized carbons (Fsp3) is 0.381. The summed E-state index contributed by atoms with van der Waals surface area (Å²) < 4.78 is 2.59. The van der Waals surface area contributed by atoms with Gasteiger partial charge in [-0.15, -0.1) is 0 Å². The first kappa shape index (κ1) is 15.0.